The van der Waals surface area contributed by atoms with Crippen LogP contribution in [0.1, 0.15) is 54.9 Å². The van der Waals surface area contributed by atoms with Gasteiger partial charge in [0.15, 0.2) is 8.32 Å². The summed E-state index contributed by atoms with van der Waals surface area (Å²) in [6.45, 7) is 19.3. The molecule has 0 aromatic rings. The van der Waals surface area contributed by atoms with Crippen LogP contribution in [0, 0.1) is 5.41 Å². The lowest BCUT2D eigenvalue weighted by atomic mass is 9.78. The first-order chi connectivity index (χ1) is 14.0. The Hall–Kier alpha value is -0.883. The van der Waals surface area contributed by atoms with Gasteiger partial charge in [-0.2, -0.15) is 5.10 Å². The van der Waals surface area contributed by atoms with E-state index in [0.29, 0.717) is 23.3 Å². The lowest BCUT2D eigenvalue weighted by Gasteiger charge is -2.47. The van der Waals surface area contributed by atoms with Gasteiger partial charge < -0.3 is 19.2 Å². The normalized spacial score (nSPS) is 27.1. The lowest BCUT2D eigenvalue weighted by Crippen LogP contribution is -2.64. The molecule has 0 saturated carbocycles. The molecule has 3 atom stereocenters. The highest BCUT2D eigenvalue weighted by Gasteiger charge is 2.59. The number of nitrogens with zero attached hydrogens (tertiary/aromatic N) is 3. The van der Waals surface area contributed by atoms with E-state index < -0.39 is 37.4 Å². The van der Waals surface area contributed by atoms with Crippen molar-refractivity contribution in [1.82, 2.24) is 9.91 Å². The van der Waals surface area contributed by atoms with E-state index >= 15 is 0 Å². The number of carboxylic acids is 1. The Kier molecular flexibility index (Phi) is 7.49. The van der Waals surface area contributed by atoms with Crippen molar-refractivity contribution in [3.05, 3.63) is 0 Å². The first-order valence-electron chi connectivity index (χ1n) is 10.8. The van der Waals surface area contributed by atoms with Gasteiger partial charge in [-0.15, -0.1) is 0 Å². The highest BCUT2D eigenvalue weighted by Crippen LogP contribution is 2.44. The monoisotopic (exact) mass is 567 g/mol. The molecule has 0 radical (unpaired) electrons. The third-order valence-corrected chi connectivity index (χ3v) is 12.4. The van der Waals surface area contributed by atoms with Crippen LogP contribution in [0.4, 0.5) is 4.79 Å². The molecule has 10 heteroatoms. The zero-order valence-electron chi connectivity index (χ0n) is 20.3. The molecule has 0 aromatic heterocycles. The zero-order valence-corrected chi connectivity index (χ0v) is 23.4. The number of carbonyl (C=O) groups excluding carboxylic acids is 1. The quantitative estimate of drug-likeness (QED) is 0.388. The fraction of sp³-hybridized carbons (Fsp3) is 0.857. The van der Waals surface area contributed by atoms with Crippen LogP contribution in [0.25, 0.3) is 0 Å². The Labute approximate surface area is 201 Å². The summed E-state index contributed by atoms with van der Waals surface area (Å²) in [4.78, 5) is 27.0. The summed E-state index contributed by atoms with van der Waals surface area (Å²) in [6, 6.07) is -0.700. The molecular formula is C21H38IN3O5Si. The van der Waals surface area contributed by atoms with Gasteiger partial charge in [0, 0.05) is 13.1 Å². The molecule has 0 aliphatic carbocycles. The highest BCUT2D eigenvalue weighted by molar-refractivity contribution is 14.1. The van der Waals surface area contributed by atoms with E-state index in [1.54, 1.807) is 4.90 Å². The molecule has 2 rings (SSSR count). The molecule has 178 valence electrons. The lowest BCUT2D eigenvalue weighted by molar-refractivity contribution is -0.149. The number of halogens is 1. The number of hydrazone groups is 1. The Balaban J connectivity index is 2.37. The van der Waals surface area contributed by atoms with Gasteiger partial charge in [-0.3, -0.25) is 9.80 Å². The standard InChI is InChI=1S/C21H38IN3O5Si/c1-10-21(17(26)27)15-12-24(18(28)30-19(2,3)4)11-14(25(15)23-16(21)22)13-29-31(8,9)20(5,6)7/h14-15H,10-13H2,1-9H3,(H,26,27). The van der Waals surface area contributed by atoms with E-state index in [0.717, 1.165) is 0 Å². The van der Waals surface area contributed by atoms with Gasteiger partial charge in [0.25, 0.3) is 0 Å². The number of aliphatic carboxylic acids is 1. The number of rotatable bonds is 5. The maximum Gasteiger partial charge on any atom is 0.410 e. The van der Waals surface area contributed by atoms with Crippen LogP contribution in [-0.2, 0) is 14.0 Å². The zero-order chi connectivity index (χ0) is 24.0. The molecule has 0 bridgehead atoms. The molecule has 0 aromatic carbocycles. The van der Waals surface area contributed by atoms with Gasteiger partial charge >= 0.3 is 12.1 Å². The maximum absolute atomic E-state index is 12.9. The molecule has 1 amide bonds. The second kappa shape index (κ2) is 8.81. The van der Waals surface area contributed by atoms with E-state index in [4.69, 9.17) is 9.16 Å². The first kappa shape index (κ1) is 26.4. The Morgan fingerprint density at radius 2 is 1.81 bits per heavy atom. The molecular weight excluding hydrogens is 529 g/mol. The van der Waals surface area contributed by atoms with Gasteiger partial charge in [0.2, 0.25) is 0 Å². The topological polar surface area (TPSA) is 91.7 Å². The molecule has 2 heterocycles. The van der Waals surface area contributed by atoms with Gasteiger partial charge in [-0.05, 0) is 67.9 Å². The first-order valence-corrected chi connectivity index (χ1v) is 14.8. The van der Waals surface area contributed by atoms with Crippen LogP contribution in [0.5, 0.6) is 0 Å². The van der Waals surface area contributed by atoms with E-state index in [1.165, 1.54) is 0 Å². The Morgan fingerprint density at radius 3 is 2.26 bits per heavy atom. The van der Waals surface area contributed by atoms with Crippen LogP contribution < -0.4 is 0 Å². The van der Waals surface area contributed by atoms with Crippen LogP contribution in [0.2, 0.25) is 18.1 Å². The molecule has 0 spiro atoms. The second-order valence-corrected chi connectivity index (χ2v) is 16.9. The number of piperazine rings is 1. The minimum absolute atomic E-state index is 0.0445. The summed E-state index contributed by atoms with van der Waals surface area (Å²) in [5.41, 5.74) is -1.77. The van der Waals surface area contributed by atoms with Gasteiger partial charge in [-0.25, -0.2) is 4.79 Å². The average molecular weight is 568 g/mol. The molecule has 1 N–H and O–H groups in total. The number of amides is 1. The number of fused-ring (bicyclic) bond motifs is 1. The fourth-order valence-corrected chi connectivity index (χ4v) is 5.97. The Morgan fingerprint density at radius 1 is 1.23 bits per heavy atom. The second-order valence-electron chi connectivity index (χ2n) is 11.0. The van der Waals surface area contributed by atoms with E-state index in [9.17, 15) is 14.7 Å². The van der Waals surface area contributed by atoms with Gasteiger partial charge in [0.1, 0.15) is 14.7 Å². The van der Waals surface area contributed by atoms with E-state index in [2.05, 4.69) is 39.0 Å². The summed E-state index contributed by atoms with van der Waals surface area (Å²) >= 11 is 2.04. The number of hydrogen-bond acceptors (Lipinski definition) is 6. The smallest absolute Gasteiger partial charge is 0.410 e. The van der Waals surface area contributed by atoms with Crippen LogP contribution in [-0.4, -0.2) is 76.5 Å². The number of ether oxygens (including phenoxy) is 1. The predicted molar refractivity (Wildman–Crippen MR) is 132 cm³/mol. The van der Waals surface area contributed by atoms with Gasteiger partial charge in [0.05, 0.1) is 18.7 Å². The maximum atomic E-state index is 12.9. The molecule has 31 heavy (non-hydrogen) atoms. The number of hydrogen-bond donors (Lipinski definition) is 1. The van der Waals surface area contributed by atoms with Crippen molar-refractivity contribution in [2.24, 2.45) is 10.5 Å². The molecule has 2 aliphatic rings. The van der Waals surface area contributed by atoms with Gasteiger partial charge in [-0.1, -0.05) is 27.7 Å². The largest absolute Gasteiger partial charge is 0.480 e. The third kappa shape index (κ3) is 5.21. The molecule has 8 nitrogen and oxygen atoms in total. The van der Waals surface area contributed by atoms with Crippen molar-refractivity contribution in [3.63, 3.8) is 0 Å². The van der Waals surface area contributed by atoms with Crippen molar-refractivity contribution in [3.8, 4) is 0 Å². The van der Waals surface area contributed by atoms with Crippen LogP contribution >= 0.6 is 22.6 Å². The van der Waals surface area contributed by atoms with Crippen molar-refractivity contribution < 1.29 is 23.9 Å². The summed E-state index contributed by atoms with van der Waals surface area (Å²) in [7, 11) is -2.03. The summed E-state index contributed by atoms with van der Waals surface area (Å²) < 4.78 is 12.6. The van der Waals surface area contributed by atoms with Crippen molar-refractivity contribution in [1.29, 1.82) is 0 Å². The number of carbonyl (C=O) groups is 2. The molecule has 3 unspecified atom stereocenters. The minimum Gasteiger partial charge on any atom is -0.480 e. The van der Waals surface area contributed by atoms with E-state index in [-0.39, 0.29) is 17.6 Å². The van der Waals surface area contributed by atoms with Crippen molar-refractivity contribution in [2.45, 2.75) is 90.7 Å². The average Bonchev–Trinajstić information content (AvgIpc) is 2.89. The van der Waals surface area contributed by atoms with Crippen LogP contribution in [0.3, 0.4) is 0 Å². The van der Waals surface area contributed by atoms with Crippen LogP contribution in [0.15, 0.2) is 5.10 Å². The fourth-order valence-electron chi connectivity index (χ4n) is 3.71. The van der Waals surface area contributed by atoms with Crippen molar-refractivity contribution >= 4 is 46.7 Å². The SMILES string of the molecule is CCC1(C(=O)O)C(I)=NN2C(CO[Si](C)(C)C(C)(C)C)CN(C(=O)OC(C)(C)C)CC21. The third-order valence-electron chi connectivity index (χ3n) is 6.69. The number of carboxylic acid groups (broad SMARTS) is 1. The Bertz CT molecular complexity index is 746. The minimum atomic E-state index is -2.03. The van der Waals surface area contributed by atoms with E-state index in [1.807, 2.05) is 55.3 Å². The summed E-state index contributed by atoms with van der Waals surface area (Å²) in [6.07, 6.45) is -0.0368. The molecule has 1 saturated heterocycles. The summed E-state index contributed by atoms with van der Waals surface area (Å²) in [5, 5.41) is 16.8. The highest BCUT2D eigenvalue weighted by atomic mass is 127. The molecule has 2 aliphatic heterocycles. The predicted octanol–water partition coefficient (Wildman–Crippen LogP) is 4.54. The van der Waals surface area contributed by atoms with Crippen molar-refractivity contribution in [2.75, 3.05) is 19.7 Å². The summed E-state index contributed by atoms with van der Waals surface area (Å²) in [5.74, 6) is -0.911. The molecule has 1 fully saturated rings.